The van der Waals surface area contributed by atoms with Gasteiger partial charge in [-0.25, -0.2) is 27.5 Å². The van der Waals surface area contributed by atoms with E-state index in [0.29, 0.717) is 61.9 Å². The monoisotopic (exact) mass is 732 g/mol. The van der Waals surface area contributed by atoms with Crippen LogP contribution in [0.5, 0.6) is 0 Å². The number of aromatic nitrogens is 10. The molecule has 0 unspecified atom stereocenters. The normalized spacial score (nSPS) is 11.1. The number of fused-ring (bicyclic) bond motifs is 2. The fourth-order valence-corrected chi connectivity index (χ4v) is 5.66. The van der Waals surface area contributed by atoms with Crippen molar-refractivity contribution in [3.8, 4) is 22.8 Å². The van der Waals surface area contributed by atoms with Crippen molar-refractivity contribution in [1.82, 2.24) is 49.5 Å². The second kappa shape index (κ2) is 15.8. The van der Waals surface area contributed by atoms with E-state index in [1.165, 1.54) is 16.8 Å². The number of hydrogen-bond donors (Lipinski definition) is 2. The highest BCUT2D eigenvalue weighted by Gasteiger charge is 2.14. The summed E-state index contributed by atoms with van der Waals surface area (Å²) in [7, 11) is 0. The molecule has 272 valence electrons. The van der Waals surface area contributed by atoms with Gasteiger partial charge in [-0.05, 0) is 74.5 Å². The van der Waals surface area contributed by atoms with Gasteiger partial charge in [0, 0.05) is 47.6 Å². The highest BCUT2D eigenvalue weighted by Crippen LogP contribution is 2.29. The zero-order chi connectivity index (χ0) is 37.6. The molecule has 12 nitrogen and oxygen atoms in total. The number of rotatable bonds is 10. The van der Waals surface area contributed by atoms with Crippen molar-refractivity contribution in [3.63, 3.8) is 0 Å². The van der Waals surface area contributed by atoms with E-state index in [9.17, 15) is 17.6 Å². The van der Waals surface area contributed by atoms with Crippen LogP contribution in [0.1, 0.15) is 11.4 Å². The van der Waals surface area contributed by atoms with E-state index in [2.05, 4.69) is 50.7 Å². The van der Waals surface area contributed by atoms with Gasteiger partial charge in [-0.3, -0.25) is 29.3 Å². The Labute approximate surface area is 306 Å². The molecule has 0 bridgehead atoms. The van der Waals surface area contributed by atoms with E-state index in [-0.39, 0.29) is 24.5 Å². The number of nitrogens with zero attached hydrogens (tertiary/aromatic N) is 10. The summed E-state index contributed by atoms with van der Waals surface area (Å²) in [4.78, 5) is 25.4. The third kappa shape index (κ3) is 7.81. The molecule has 0 radical (unpaired) electrons. The van der Waals surface area contributed by atoms with Crippen molar-refractivity contribution in [2.24, 2.45) is 0 Å². The molecule has 8 heterocycles. The molecule has 0 aliphatic rings. The third-order valence-electron chi connectivity index (χ3n) is 8.13. The summed E-state index contributed by atoms with van der Waals surface area (Å²) < 4.78 is 56.7. The molecular weight excluding hydrogens is 700 g/mol. The predicted octanol–water partition coefficient (Wildman–Crippen LogP) is 8.10. The van der Waals surface area contributed by atoms with Crippen LogP contribution >= 0.6 is 0 Å². The fraction of sp³-hybridized carbons (Fsp3) is 0.158. The van der Waals surface area contributed by atoms with Gasteiger partial charge in [-0.1, -0.05) is 0 Å². The molecule has 54 heavy (non-hydrogen) atoms. The highest BCUT2D eigenvalue weighted by molar-refractivity contribution is 5.90. The maximum Gasteiger partial charge on any atom is 0.151 e. The molecule has 0 amide bonds. The van der Waals surface area contributed by atoms with Crippen LogP contribution in [-0.2, 0) is 13.1 Å². The first-order valence-electron chi connectivity index (χ1n) is 16.8. The van der Waals surface area contributed by atoms with Gasteiger partial charge in [0.15, 0.2) is 11.6 Å². The minimum atomic E-state index is -0.525. The van der Waals surface area contributed by atoms with E-state index in [1.807, 2.05) is 0 Å². The number of alkyl halides is 2. The molecule has 2 N–H and O–H groups in total. The van der Waals surface area contributed by atoms with Crippen molar-refractivity contribution in [1.29, 1.82) is 0 Å². The Morgan fingerprint density at radius 2 is 1.19 bits per heavy atom. The van der Waals surface area contributed by atoms with Gasteiger partial charge in [-0.2, -0.15) is 10.2 Å². The van der Waals surface area contributed by atoms with Crippen LogP contribution in [0, 0.1) is 25.5 Å². The summed E-state index contributed by atoms with van der Waals surface area (Å²) in [5, 5.41) is 15.1. The summed E-state index contributed by atoms with van der Waals surface area (Å²) in [6, 6.07) is 16.5. The van der Waals surface area contributed by atoms with Crippen LogP contribution in [0.15, 0.2) is 97.8 Å². The molecule has 0 aromatic carbocycles. The Balaban J connectivity index is 0.000000167. The number of nitrogens with one attached hydrogen (secondary N) is 2. The molecule has 0 aliphatic heterocycles. The summed E-state index contributed by atoms with van der Waals surface area (Å²) in [5.74, 6) is -0.862. The topological polar surface area (TPSA) is 137 Å². The number of hydrogen-bond acceptors (Lipinski definition) is 10. The number of aryl methyl sites for hydroxylation is 4. The number of pyridine rings is 6. The molecule has 8 aromatic heterocycles. The lowest BCUT2D eigenvalue weighted by Gasteiger charge is -2.11. The van der Waals surface area contributed by atoms with Gasteiger partial charge >= 0.3 is 0 Å². The van der Waals surface area contributed by atoms with Crippen LogP contribution in [0.4, 0.5) is 40.3 Å². The van der Waals surface area contributed by atoms with Crippen molar-refractivity contribution in [2.75, 3.05) is 24.0 Å². The Hall–Kier alpha value is -6.84. The van der Waals surface area contributed by atoms with Crippen molar-refractivity contribution >= 4 is 44.8 Å². The Bertz CT molecular complexity index is 2570. The van der Waals surface area contributed by atoms with E-state index in [0.717, 1.165) is 5.69 Å². The fourth-order valence-electron chi connectivity index (χ4n) is 5.66. The van der Waals surface area contributed by atoms with E-state index in [4.69, 9.17) is 0 Å². The molecule has 0 atom stereocenters. The lowest BCUT2D eigenvalue weighted by molar-refractivity contribution is 0.428. The van der Waals surface area contributed by atoms with Crippen LogP contribution in [0.3, 0.4) is 0 Å². The Morgan fingerprint density at radius 3 is 1.80 bits per heavy atom. The average Bonchev–Trinajstić information content (AvgIpc) is 3.79. The zero-order valence-electron chi connectivity index (χ0n) is 29.1. The van der Waals surface area contributed by atoms with Gasteiger partial charge in [0.05, 0.1) is 48.2 Å². The summed E-state index contributed by atoms with van der Waals surface area (Å²) in [6.45, 7) is 2.89. The average molecular weight is 733 g/mol. The first-order valence-corrected chi connectivity index (χ1v) is 16.8. The van der Waals surface area contributed by atoms with Crippen LogP contribution in [-0.4, -0.2) is 62.8 Å². The lowest BCUT2D eigenvalue weighted by atomic mass is 10.2. The molecular formula is C38H32F4N12. The first kappa shape index (κ1) is 35.6. The van der Waals surface area contributed by atoms with Gasteiger partial charge in [-0.15, -0.1) is 0 Å². The van der Waals surface area contributed by atoms with Crippen LogP contribution < -0.4 is 10.6 Å². The molecule has 16 heteroatoms. The largest absolute Gasteiger partial charge is 0.354 e. The standard InChI is InChI=1S/2C19H16F2N6/c1-12-2-3-14(21)18(24-12)16-10-13(4-7-22-16)25-15-5-8-23-17-11-27(9-6-20)26-19(15)17;1-12-2-3-14(21)18(25-12)16-10-13(4-7-22-16)26-15-5-8-23-17-11-24-27(9-6-20)19(15)17/h2-5,7-8,10-11H,6,9H2,1H3,(H,22,25);2-5,7-8,10-11H,6,9H2,1H3,(H,22,23,26). The van der Waals surface area contributed by atoms with E-state index >= 15 is 0 Å². The third-order valence-corrected chi connectivity index (χ3v) is 8.13. The second-order valence-electron chi connectivity index (χ2n) is 12.0. The molecule has 0 saturated heterocycles. The lowest BCUT2D eigenvalue weighted by Crippen LogP contribution is -2.04. The van der Waals surface area contributed by atoms with E-state index < -0.39 is 25.0 Å². The highest BCUT2D eigenvalue weighted by atomic mass is 19.1. The number of anilines is 4. The molecule has 0 aliphatic carbocycles. The van der Waals surface area contributed by atoms with Crippen LogP contribution in [0.2, 0.25) is 0 Å². The van der Waals surface area contributed by atoms with Gasteiger partial charge in [0.2, 0.25) is 0 Å². The van der Waals surface area contributed by atoms with Crippen molar-refractivity contribution in [3.05, 3.63) is 121 Å². The first-order chi connectivity index (χ1) is 26.3. The summed E-state index contributed by atoms with van der Waals surface area (Å²) in [6.07, 6.45) is 9.76. The van der Waals surface area contributed by atoms with E-state index in [1.54, 1.807) is 104 Å². The second-order valence-corrected chi connectivity index (χ2v) is 12.0. The van der Waals surface area contributed by atoms with Crippen LogP contribution in [0.25, 0.3) is 44.8 Å². The van der Waals surface area contributed by atoms with Gasteiger partial charge < -0.3 is 10.6 Å². The van der Waals surface area contributed by atoms with Gasteiger partial charge in [0.1, 0.15) is 46.8 Å². The quantitative estimate of drug-likeness (QED) is 0.133. The van der Waals surface area contributed by atoms with Gasteiger partial charge in [0.25, 0.3) is 0 Å². The number of halogens is 4. The van der Waals surface area contributed by atoms with Crippen molar-refractivity contribution in [2.45, 2.75) is 26.9 Å². The molecule has 0 saturated carbocycles. The minimum Gasteiger partial charge on any atom is -0.354 e. The molecule has 0 spiro atoms. The zero-order valence-corrected chi connectivity index (χ0v) is 29.1. The molecule has 8 rings (SSSR count). The smallest absolute Gasteiger partial charge is 0.151 e. The maximum absolute atomic E-state index is 14.1. The maximum atomic E-state index is 14.1. The Morgan fingerprint density at radius 1 is 0.630 bits per heavy atom. The minimum absolute atomic E-state index is 0.143. The predicted molar refractivity (Wildman–Crippen MR) is 198 cm³/mol. The molecule has 8 aromatic rings. The summed E-state index contributed by atoms with van der Waals surface area (Å²) >= 11 is 0. The Kier molecular flexibility index (Phi) is 10.4. The SMILES string of the molecule is Cc1ccc(F)c(-c2cc(Nc3ccnc4cn(CCF)nc34)ccn2)n1.Cc1ccc(F)c(-c2cc(Nc3ccnc4cnn(CCF)c34)ccn2)n1. The van der Waals surface area contributed by atoms with Crippen molar-refractivity contribution < 1.29 is 17.6 Å². The molecule has 0 fully saturated rings. The summed E-state index contributed by atoms with van der Waals surface area (Å²) in [5.41, 5.74) is 8.15.